The van der Waals surface area contributed by atoms with Gasteiger partial charge in [0.25, 0.3) is 5.91 Å². The van der Waals surface area contributed by atoms with Gasteiger partial charge in [-0.2, -0.15) is 0 Å². The van der Waals surface area contributed by atoms with Crippen molar-refractivity contribution in [2.24, 2.45) is 0 Å². The third kappa shape index (κ3) is 3.80. The van der Waals surface area contributed by atoms with Gasteiger partial charge in [0.2, 0.25) is 0 Å². The van der Waals surface area contributed by atoms with Crippen LogP contribution in [0.15, 0.2) is 22.7 Å². The van der Waals surface area contributed by atoms with Crippen LogP contribution in [-0.2, 0) is 0 Å². The fourth-order valence-electron chi connectivity index (χ4n) is 2.50. The average Bonchev–Trinajstić information content (AvgIpc) is 2.42. The minimum atomic E-state index is 0.0498. The Bertz CT molecular complexity index is 453. The number of hydrogen-bond acceptors (Lipinski definition) is 2. The number of nitrogens with zero attached hydrogens (tertiary/aromatic N) is 1. The lowest BCUT2D eigenvalue weighted by Crippen LogP contribution is -2.44. The maximum atomic E-state index is 12.3. The van der Waals surface area contributed by atoms with Crippen LogP contribution in [-0.4, -0.2) is 36.5 Å². The zero-order valence-electron chi connectivity index (χ0n) is 11.6. The molecule has 1 fully saturated rings. The third-order valence-corrected chi connectivity index (χ3v) is 4.31. The van der Waals surface area contributed by atoms with Crippen molar-refractivity contribution in [3.63, 3.8) is 0 Å². The minimum absolute atomic E-state index is 0.0498. The van der Waals surface area contributed by atoms with E-state index >= 15 is 0 Å². The topological polar surface area (TPSA) is 32.3 Å². The molecule has 1 heterocycles. The Balaban J connectivity index is 1.96. The molecule has 0 aromatic heterocycles. The Kier molecular flexibility index (Phi) is 4.99. The van der Waals surface area contributed by atoms with E-state index < -0.39 is 0 Å². The minimum Gasteiger partial charge on any atom is -0.349 e. The lowest BCUT2D eigenvalue weighted by molar-refractivity contribution is 0.0912. The highest BCUT2D eigenvalue weighted by Gasteiger charge is 2.20. The van der Waals surface area contributed by atoms with Crippen molar-refractivity contribution >= 4 is 21.8 Å². The fraction of sp³-hybridized carbons (Fsp3) is 0.533. The van der Waals surface area contributed by atoms with E-state index in [1.807, 2.05) is 25.1 Å². The molecule has 0 radical (unpaired) electrons. The Morgan fingerprint density at radius 1 is 1.42 bits per heavy atom. The summed E-state index contributed by atoms with van der Waals surface area (Å²) in [5.41, 5.74) is 1.79. The molecule has 0 saturated carbocycles. The van der Waals surface area contributed by atoms with Crippen LogP contribution in [0, 0.1) is 6.92 Å². The molecule has 0 bridgehead atoms. The maximum Gasteiger partial charge on any atom is 0.251 e. The summed E-state index contributed by atoms with van der Waals surface area (Å²) >= 11 is 3.42. The predicted molar refractivity (Wildman–Crippen MR) is 81.5 cm³/mol. The molecule has 1 aliphatic heterocycles. The standard InChI is InChI=1S/C15H21BrN2O/c1-3-18-8-6-13(7-9-18)17-15(19)14-10-12(16)5-4-11(14)2/h4-5,10,13H,3,6-9H2,1-2H3,(H,17,19). The van der Waals surface area contributed by atoms with Gasteiger partial charge in [-0.1, -0.05) is 28.9 Å². The summed E-state index contributed by atoms with van der Waals surface area (Å²) in [6.07, 6.45) is 2.10. The number of aryl methyl sites for hydroxylation is 1. The van der Waals surface area contributed by atoms with Gasteiger partial charge in [-0.3, -0.25) is 4.79 Å². The van der Waals surface area contributed by atoms with E-state index in [2.05, 4.69) is 33.1 Å². The van der Waals surface area contributed by atoms with Crippen molar-refractivity contribution in [3.8, 4) is 0 Å². The molecule has 19 heavy (non-hydrogen) atoms. The molecule has 1 aromatic rings. The first kappa shape index (κ1) is 14.5. The molecule has 1 aromatic carbocycles. The van der Waals surface area contributed by atoms with Crippen molar-refractivity contribution in [2.45, 2.75) is 32.7 Å². The van der Waals surface area contributed by atoms with Gasteiger partial charge in [0.1, 0.15) is 0 Å². The molecule has 0 spiro atoms. The summed E-state index contributed by atoms with van der Waals surface area (Å²) in [6, 6.07) is 6.14. The smallest absolute Gasteiger partial charge is 0.251 e. The van der Waals surface area contributed by atoms with Gasteiger partial charge in [-0.05, 0) is 44.0 Å². The van der Waals surface area contributed by atoms with Crippen LogP contribution in [0.2, 0.25) is 0 Å². The third-order valence-electron chi connectivity index (χ3n) is 3.81. The SMILES string of the molecule is CCN1CCC(NC(=O)c2cc(Br)ccc2C)CC1. The van der Waals surface area contributed by atoms with E-state index in [-0.39, 0.29) is 5.91 Å². The zero-order valence-corrected chi connectivity index (χ0v) is 13.2. The van der Waals surface area contributed by atoms with Crippen LogP contribution < -0.4 is 5.32 Å². The number of amides is 1. The summed E-state index contributed by atoms with van der Waals surface area (Å²) in [5, 5.41) is 3.16. The Hall–Kier alpha value is -0.870. The van der Waals surface area contributed by atoms with Crippen molar-refractivity contribution in [1.82, 2.24) is 10.2 Å². The Morgan fingerprint density at radius 2 is 2.11 bits per heavy atom. The first-order valence-corrected chi connectivity index (χ1v) is 7.69. The second-order valence-electron chi connectivity index (χ2n) is 5.14. The lowest BCUT2D eigenvalue weighted by Gasteiger charge is -2.31. The number of nitrogens with one attached hydrogen (secondary N) is 1. The molecule has 1 saturated heterocycles. The Morgan fingerprint density at radius 3 is 2.74 bits per heavy atom. The van der Waals surface area contributed by atoms with Gasteiger partial charge in [0.15, 0.2) is 0 Å². The van der Waals surface area contributed by atoms with Gasteiger partial charge in [0.05, 0.1) is 0 Å². The molecule has 1 N–H and O–H groups in total. The molecule has 0 atom stereocenters. The second-order valence-corrected chi connectivity index (χ2v) is 6.06. The molecule has 1 amide bonds. The van der Waals surface area contributed by atoms with Crippen molar-refractivity contribution in [3.05, 3.63) is 33.8 Å². The summed E-state index contributed by atoms with van der Waals surface area (Å²) < 4.78 is 0.948. The molecule has 0 unspecified atom stereocenters. The first-order valence-electron chi connectivity index (χ1n) is 6.89. The molecule has 2 rings (SSSR count). The quantitative estimate of drug-likeness (QED) is 0.927. The van der Waals surface area contributed by atoms with Crippen LogP contribution in [0.3, 0.4) is 0 Å². The number of likely N-dealkylation sites (tertiary alicyclic amines) is 1. The van der Waals surface area contributed by atoms with E-state index in [0.717, 1.165) is 48.1 Å². The summed E-state index contributed by atoms with van der Waals surface area (Å²) in [7, 11) is 0. The number of halogens is 1. The lowest BCUT2D eigenvalue weighted by atomic mass is 10.0. The van der Waals surface area contributed by atoms with Gasteiger partial charge in [-0.25, -0.2) is 0 Å². The highest BCUT2D eigenvalue weighted by molar-refractivity contribution is 9.10. The number of hydrogen-bond donors (Lipinski definition) is 1. The molecule has 4 heteroatoms. The van der Waals surface area contributed by atoms with E-state index in [1.54, 1.807) is 0 Å². The summed E-state index contributed by atoms with van der Waals surface area (Å²) in [6.45, 7) is 7.42. The fourth-order valence-corrected chi connectivity index (χ4v) is 2.86. The number of carbonyl (C=O) groups excluding carboxylic acids is 1. The first-order chi connectivity index (χ1) is 9.10. The van der Waals surface area contributed by atoms with Crippen molar-refractivity contribution < 1.29 is 4.79 Å². The predicted octanol–water partition coefficient (Wildman–Crippen LogP) is 2.97. The Labute approximate surface area is 123 Å². The van der Waals surface area contributed by atoms with E-state index in [4.69, 9.17) is 0 Å². The van der Waals surface area contributed by atoms with Crippen LogP contribution in [0.4, 0.5) is 0 Å². The number of carbonyl (C=O) groups is 1. The van der Waals surface area contributed by atoms with Gasteiger partial charge >= 0.3 is 0 Å². The van der Waals surface area contributed by atoms with Crippen LogP contribution >= 0.6 is 15.9 Å². The van der Waals surface area contributed by atoms with E-state index in [9.17, 15) is 4.79 Å². The molecule has 0 aliphatic carbocycles. The average molecular weight is 325 g/mol. The number of benzene rings is 1. The zero-order chi connectivity index (χ0) is 13.8. The van der Waals surface area contributed by atoms with Crippen LogP contribution in [0.5, 0.6) is 0 Å². The van der Waals surface area contributed by atoms with Gasteiger partial charge in [0, 0.05) is 29.2 Å². The van der Waals surface area contributed by atoms with Crippen molar-refractivity contribution in [2.75, 3.05) is 19.6 Å². The normalized spacial score (nSPS) is 17.4. The monoisotopic (exact) mass is 324 g/mol. The maximum absolute atomic E-state index is 12.3. The van der Waals surface area contributed by atoms with Crippen LogP contribution in [0.25, 0.3) is 0 Å². The van der Waals surface area contributed by atoms with Crippen LogP contribution in [0.1, 0.15) is 35.7 Å². The van der Waals surface area contributed by atoms with Crippen molar-refractivity contribution in [1.29, 1.82) is 0 Å². The summed E-state index contributed by atoms with van der Waals surface area (Å²) in [5.74, 6) is 0.0498. The molecular formula is C15H21BrN2O. The van der Waals surface area contributed by atoms with Gasteiger partial charge < -0.3 is 10.2 Å². The van der Waals surface area contributed by atoms with Gasteiger partial charge in [-0.15, -0.1) is 0 Å². The molecular weight excluding hydrogens is 304 g/mol. The largest absolute Gasteiger partial charge is 0.349 e. The molecule has 104 valence electrons. The summed E-state index contributed by atoms with van der Waals surface area (Å²) in [4.78, 5) is 14.7. The number of piperidine rings is 1. The molecule has 1 aliphatic rings. The van der Waals surface area contributed by atoms with E-state index in [1.165, 1.54) is 0 Å². The second kappa shape index (κ2) is 6.53. The van der Waals surface area contributed by atoms with E-state index in [0.29, 0.717) is 6.04 Å². The highest BCUT2D eigenvalue weighted by atomic mass is 79.9. The number of rotatable bonds is 3. The highest BCUT2D eigenvalue weighted by Crippen LogP contribution is 2.17. The molecule has 3 nitrogen and oxygen atoms in total.